The third-order valence-corrected chi connectivity index (χ3v) is 4.01. The molecule has 0 aliphatic carbocycles. The van der Waals surface area contributed by atoms with Crippen LogP contribution in [0.2, 0.25) is 10.0 Å². The summed E-state index contributed by atoms with van der Waals surface area (Å²) in [7, 11) is 0. The Hall–Kier alpha value is -1.92. The van der Waals surface area contributed by atoms with Crippen molar-refractivity contribution in [3.63, 3.8) is 0 Å². The van der Waals surface area contributed by atoms with Crippen molar-refractivity contribution >= 4 is 35.3 Å². The minimum Gasteiger partial charge on any atom is -0.485 e. The molecule has 156 valence electrons. The zero-order chi connectivity index (χ0) is 21.5. The number of amides is 1. The van der Waals surface area contributed by atoms with Gasteiger partial charge in [-0.3, -0.25) is 0 Å². The van der Waals surface area contributed by atoms with Crippen molar-refractivity contribution in [1.29, 1.82) is 0 Å². The number of alkyl carbamates (subject to hydrolysis) is 1. The summed E-state index contributed by atoms with van der Waals surface area (Å²) in [4.78, 5) is 24.2. The zero-order valence-corrected chi connectivity index (χ0v) is 18.3. The van der Waals surface area contributed by atoms with Crippen molar-refractivity contribution in [3.05, 3.63) is 40.9 Å². The summed E-state index contributed by atoms with van der Waals surface area (Å²) >= 11 is 12.0. The average molecular weight is 432 g/mol. The molecule has 0 spiro atoms. The fourth-order valence-corrected chi connectivity index (χ4v) is 2.59. The molecule has 0 fully saturated rings. The predicted octanol–water partition coefficient (Wildman–Crippen LogP) is 5.16. The summed E-state index contributed by atoms with van der Waals surface area (Å²) in [5.41, 5.74) is -0.667. The number of carbonyl (C=O) groups is 2. The zero-order valence-electron chi connectivity index (χ0n) is 16.8. The van der Waals surface area contributed by atoms with E-state index in [-0.39, 0.29) is 0 Å². The van der Waals surface area contributed by atoms with Crippen LogP contribution in [0.1, 0.15) is 41.0 Å². The van der Waals surface area contributed by atoms with Gasteiger partial charge in [-0.05, 0) is 52.8 Å². The molecule has 1 rings (SSSR count). The van der Waals surface area contributed by atoms with Crippen LogP contribution in [0.3, 0.4) is 0 Å². The van der Waals surface area contributed by atoms with Gasteiger partial charge in [-0.1, -0.05) is 29.3 Å². The average Bonchev–Trinajstić information content (AvgIpc) is 2.54. The molecular formula is C20H27Cl2NO5. The summed E-state index contributed by atoms with van der Waals surface area (Å²) in [6, 6.07) is 3.96. The third kappa shape index (κ3) is 8.40. The largest absolute Gasteiger partial charge is 0.485 e. The number of esters is 1. The molecule has 0 aliphatic rings. The monoisotopic (exact) mass is 431 g/mol. The summed E-state index contributed by atoms with van der Waals surface area (Å²) in [6.45, 7) is 12.1. The molecule has 1 unspecified atom stereocenters. The van der Waals surface area contributed by atoms with Crippen molar-refractivity contribution in [1.82, 2.24) is 5.32 Å². The van der Waals surface area contributed by atoms with Crippen molar-refractivity contribution < 1.29 is 23.8 Å². The number of hydrogen-bond donors (Lipinski definition) is 1. The van der Waals surface area contributed by atoms with Gasteiger partial charge in [-0.15, -0.1) is 6.58 Å². The molecule has 28 heavy (non-hydrogen) atoms. The van der Waals surface area contributed by atoms with E-state index in [2.05, 4.69) is 11.9 Å². The lowest BCUT2D eigenvalue weighted by Crippen LogP contribution is -2.45. The van der Waals surface area contributed by atoms with Gasteiger partial charge in [0, 0.05) is 11.4 Å². The van der Waals surface area contributed by atoms with Crippen LogP contribution in [0, 0.1) is 0 Å². The van der Waals surface area contributed by atoms with Gasteiger partial charge in [0.1, 0.15) is 29.6 Å². The highest BCUT2D eigenvalue weighted by atomic mass is 35.5. The lowest BCUT2D eigenvalue weighted by atomic mass is 10.1. The summed E-state index contributed by atoms with van der Waals surface area (Å²) in [5, 5.41) is 3.29. The van der Waals surface area contributed by atoms with E-state index in [0.717, 1.165) is 0 Å². The Kier molecular flexibility index (Phi) is 9.11. The van der Waals surface area contributed by atoms with Crippen LogP contribution in [0.4, 0.5) is 4.79 Å². The summed E-state index contributed by atoms with van der Waals surface area (Å²) in [5.74, 6) is -0.195. The van der Waals surface area contributed by atoms with Gasteiger partial charge in [-0.25, -0.2) is 9.59 Å². The molecule has 1 N–H and O–H groups in total. The van der Waals surface area contributed by atoms with E-state index in [0.29, 0.717) is 22.2 Å². The smallest absolute Gasteiger partial charge is 0.408 e. The fraction of sp³-hybridized carbons (Fsp3) is 0.500. The van der Waals surface area contributed by atoms with Crippen LogP contribution in [-0.2, 0) is 14.3 Å². The quantitative estimate of drug-likeness (QED) is 0.454. The van der Waals surface area contributed by atoms with Gasteiger partial charge >= 0.3 is 12.1 Å². The van der Waals surface area contributed by atoms with Gasteiger partial charge < -0.3 is 19.5 Å². The Morgan fingerprint density at radius 3 is 2.43 bits per heavy atom. The fourth-order valence-electron chi connectivity index (χ4n) is 2.14. The molecule has 1 amide bonds. The first-order valence-electron chi connectivity index (χ1n) is 8.85. The van der Waals surface area contributed by atoms with Crippen molar-refractivity contribution in [2.24, 2.45) is 0 Å². The van der Waals surface area contributed by atoms with Crippen molar-refractivity contribution in [3.8, 4) is 5.75 Å². The first kappa shape index (κ1) is 24.1. The van der Waals surface area contributed by atoms with E-state index in [1.54, 1.807) is 52.0 Å². The van der Waals surface area contributed by atoms with Crippen LogP contribution in [0.25, 0.3) is 0 Å². The lowest BCUT2D eigenvalue weighted by Gasteiger charge is -2.26. The molecule has 0 saturated heterocycles. The van der Waals surface area contributed by atoms with Crippen LogP contribution in [0.15, 0.2) is 30.9 Å². The number of nitrogens with one attached hydrogen (secondary N) is 1. The van der Waals surface area contributed by atoms with E-state index < -0.39 is 35.9 Å². The minimum atomic E-state index is -0.895. The topological polar surface area (TPSA) is 73.9 Å². The van der Waals surface area contributed by atoms with E-state index in [1.165, 1.54) is 6.92 Å². The first-order valence-corrected chi connectivity index (χ1v) is 9.61. The second-order valence-corrected chi connectivity index (χ2v) is 8.11. The highest BCUT2D eigenvalue weighted by molar-refractivity contribution is 6.35. The predicted molar refractivity (Wildman–Crippen MR) is 110 cm³/mol. The molecule has 3 atom stereocenters. The van der Waals surface area contributed by atoms with E-state index in [1.807, 2.05) is 0 Å². The SMILES string of the molecule is C=CC[C@@H](OC(=O)C(C)NC(=O)OC(C)(C)C)[C@H](C)Oc1ccc(Cl)cc1Cl. The number of ether oxygens (including phenoxy) is 3. The van der Waals surface area contributed by atoms with Gasteiger partial charge in [-0.2, -0.15) is 0 Å². The number of halogens is 2. The van der Waals surface area contributed by atoms with Gasteiger partial charge in [0.25, 0.3) is 0 Å². The van der Waals surface area contributed by atoms with Crippen LogP contribution in [-0.4, -0.2) is 35.9 Å². The van der Waals surface area contributed by atoms with Crippen LogP contribution >= 0.6 is 23.2 Å². The molecule has 0 heterocycles. The standard InChI is InChI=1S/C20H27Cl2NO5/c1-7-8-16(13(3)26-17-10-9-14(21)11-15(17)22)27-18(24)12(2)23-19(25)28-20(4,5)6/h7,9-13,16H,1,8H2,2-6H3,(H,23,25)/t12?,13-,16+/m0/s1. The maximum absolute atomic E-state index is 12.4. The molecule has 1 aromatic rings. The molecule has 0 aliphatic heterocycles. The van der Waals surface area contributed by atoms with Crippen molar-refractivity contribution in [2.75, 3.05) is 0 Å². The van der Waals surface area contributed by atoms with Crippen LogP contribution < -0.4 is 10.1 Å². The lowest BCUT2D eigenvalue weighted by molar-refractivity contribution is -0.155. The Morgan fingerprint density at radius 2 is 1.89 bits per heavy atom. The molecular weight excluding hydrogens is 405 g/mol. The Labute approximate surface area is 176 Å². The molecule has 0 bridgehead atoms. The van der Waals surface area contributed by atoms with Gasteiger partial charge in [0.15, 0.2) is 0 Å². The first-order chi connectivity index (χ1) is 12.9. The highest BCUT2D eigenvalue weighted by Gasteiger charge is 2.27. The Balaban J connectivity index is 2.72. The number of rotatable bonds is 8. The number of hydrogen-bond acceptors (Lipinski definition) is 5. The van der Waals surface area contributed by atoms with Gasteiger partial charge in [0.05, 0.1) is 5.02 Å². The Morgan fingerprint density at radius 1 is 1.25 bits per heavy atom. The normalized spacial score (nSPS) is 14.4. The third-order valence-electron chi connectivity index (χ3n) is 3.48. The number of benzene rings is 1. The molecule has 0 aromatic heterocycles. The maximum atomic E-state index is 12.4. The molecule has 1 aromatic carbocycles. The molecule has 0 saturated carbocycles. The van der Waals surface area contributed by atoms with E-state index in [4.69, 9.17) is 37.4 Å². The van der Waals surface area contributed by atoms with Crippen LogP contribution in [0.5, 0.6) is 5.75 Å². The van der Waals surface area contributed by atoms with E-state index in [9.17, 15) is 9.59 Å². The van der Waals surface area contributed by atoms with E-state index >= 15 is 0 Å². The summed E-state index contributed by atoms with van der Waals surface area (Å²) < 4.78 is 16.5. The van der Waals surface area contributed by atoms with Gasteiger partial charge in [0.2, 0.25) is 0 Å². The minimum absolute atomic E-state index is 0.350. The number of carbonyl (C=O) groups excluding carboxylic acids is 2. The van der Waals surface area contributed by atoms with Crippen molar-refractivity contribution in [2.45, 2.75) is 64.9 Å². The second kappa shape index (κ2) is 10.6. The molecule has 8 heteroatoms. The highest BCUT2D eigenvalue weighted by Crippen LogP contribution is 2.29. The summed E-state index contributed by atoms with van der Waals surface area (Å²) in [6.07, 6.45) is 0.133. The Bertz CT molecular complexity index is 702. The maximum Gasteiger partial charge on any atom is 0.408 e. The molecule has 6 nitrogen and oxygen atoms in total. The second-order valence-electron chi connectivity index (χ2n) is 7.27. The molecule has 0 radical (unpaired) electrons.